The quantitative estimate of drug-likeness (QED) is 0.507. The molecule has 2 heterocycles. The number of carbonyl (C=O) groups excluding carboxylic acids is 3. The maximum atomic E-state index is 12.7. The van der Waals surface area contributed by atoms with E-state index in [2.05, 4.69) is 5.32 Å². The van der Waals surface area contributed by atoms with E-state index in [4.69, 9.17) is 4.74 Å². The Labute approximate surface area is 149 Å². The summed E-state index contributed by atoms with van der Waals surface area (Å²) in [6.45, 7) is 2.60. The second-order valence-corrected chi connectivity index (χ2v) is 6.25. The van der Waals surface area contributed by atoms with Crippen LogP contribution in [0.1, 0.15) is 24.3 Å². The van der Waals surface area contributed by atoms with Gasteiger partial charge in [-0.25, -0.2) is 4.79 Å². The molecule has 3 rings (SSSR count). The molecule has 2 aromatic rings. The van der Waals surface area contributed by atoms with E-state index in [1.165, 1.54) is 23.1 Å². The minimum atomic E-state index is -1.16. The predicted molar refractivity (Wildman–Crippen MR) is 92.3 cm³/mol. The first-order chi connectivity index (χ1) is 12.3. The van der Waals surface area contributed by atoms with Crippen LogP contribution in [0.4, 0.5) is 11.4 Å². The molecule has 0 fully saturated rings. The van der Waals surface area contributed by atoms with Crippen LogP contribution in [0, 0.1) is 5.21 Å². The summed E-state index contributed by atoms with van der Waals surface area (Å²) in [4.78, 5) is 38.4. The summed E-state index contributed by atoms with van der Waals surface area (Å²) in [5, 5.41) is 14.3. The van der Waals surface area contributed by atoms with Gasteiger partial charge in [0.15, 0.2) is 12.8 Å². The maximum absolute atomic E-state index is 12.7. The number of rotatable bonds is 3. The SMILES string of the molecule is CC1(C)C(=O)Nc2ccccc2N1C(=O)COC(=O)c1cccc[n+]1[O-]. The third kappa shape index (κ3) is 2.97. The van der Waals surface area contributed by atoms with Gasteiger partial charge >= 0.3 is 11.7 Å². The van der Waals surface area contributed by atoms with Gasteiger partial charge in [0.25, 0.3) is 5.91 Å². The summed E-state index contributed by atoms with van der Waals surface area (Å²) in [6.07, 6.45) is 1.16. The lowest BCUT2D eigenvalue weighted by molar-refractivity contribution is -0.608. The Hall–Kier alpha value is -3.42. The first-order valence-electron chi connectivity index (χ1n) is 7.91. The highest BCUT2D eigenvalue weighted by molar-refractivity contribution is 6.14. The highest BCUT2D eigenvalue weighted by atomic mass is 16.5. The summed E-state index contributed by atoms with van der Waals surface area (Å²) in [5.74, 6) is -1.84. The Bertz CT molecular complexity index is 894. The average Bonchev–Trinajstić information content (AvgIpc) is 2.60. The molecule has 1 N–H and O–H groups in total. The third-order valence-electron chi connectivity index (χ3n) is 4.12. The molecule has 1 aliphatic rings. The Morgan fingerprint density at radius 2 is 1.88 bits per heavy atom. The Balaban J connectivity index is 1.82. The molecule has 0 bridgehead atoms. The van der Waals surface area contributed by atoms with Crippen molar-refractivity contribution in [2.75, 3.05) is 16.8 Å². The van der Waals surface area contributed by atoms with Crippen LogP contribution < -0.4 is 14.9 Å². The number of anilines is 2. The molecule has 26 heavy (non-hydrogen) atoms. The third-order valence-corrected chi connectivity index (χ3v) is 4.12. The number of amides is 2. The molecule has 8 nitrogen and oxygen atoms in total. The zero-order chi connectivity index (χ0) is 18.9. The first kappa shape index (κ1) is 17.4. The van der Waals surface area contributed by atoms with Gasteiger partial charge in [-0.1, -0.05) is 12.1 Å². The van der Waals surface area contributed by atoms with E-state index in [1.54, 1.807) is 38.1 Å². The van der Waals surface area contributed by atoms with Gasteiger partial charge in [-0.05, 0) is 32.0 Å². The van der Waals surface area contributed by atoms with Crippen LogP contribution in [-0.2, 0) is 14.3 Å². The van der Waals surface area contributed by atoms with Crippen molar-refractivity contribution in [3.8, 4) is 0 Å². The molecule has 1 aromatic heterocycles. The monoisotopic (exact) mass is 355 g/mol. The van der Waals surface area contributed by atoms with Crippen LogP contribution in [-0.4, -0.2) is 29.9 Å². The fraction of sp³-hybridized carbons (Fsp3) is 0.222. The van der Waals surface area contributed by atoms with Crippen molar-refractivity contribution in [2.24, 2.45) is 0 Å². The number of fused-ring (bicyclic) bond motifs is 1. The van der Waals surface area contributed by atoms with Gasteiger partial charge < -0.3 is 15.3 Å². The van der Waals surface area contributed by atoms with Gasteiger partial charge in [0.1, 0.15) is 5.54 Å². The number of esters is 1. The first-order valence-corrected chi connectivity index (χ1v) is 7.91. The molecule has 0 radical (unpaired) electrons. The molecule has 1 aromatic carbocycles. The van der Waals surface area contributed by atoms with E-state index >= 15 is 0 Å². The summed E-state index contributed by atoms with van der Waals surface area (Å²) in [6, 6.07) is 11.1. The number of benzene rings is 1. The number of pyridine rings is 1. The lowest BCUT2D eigenvalue weighted by atomic mass is 9.96. The number of hydrogen-bond donors (Lipinski definition) is 1. The molecular weight excluding hydrogens is 338 g/mol. The summed E-state index contributed by atoms with van der Waals surface area (Å²) < 4.78 is 5.35. The number of hydrogen-bond acceptors (Lipinski definition) is 5. The van der Waals surface area contributed by atoms with Crippen LogP contribution in [0.2, 0.25) is 0 Å². The molecule has 0 aliphatic carbocycles. The summed E-state index contributed by atoms with van der Waals surface area (Å²) in [5.41, 5.74) is -0.381. The molecule has 0 saturated heterocycles. The molecule has 0 unspecified atom stereocenters. The zero-order valence-corrected chi connectivity index (χ0v) is 14.3. The minimum Gasteiger partial charge on any atom is -0.618 e. The predicted octanol–water partition coefficient (Wildman–Crippen LogP) is 1.24. The van der Waals surface area contributed by atoms with E-state index in [9.17, 15) is 19.6 Å². The Morgan fingerprint density at radius 3 is 2.62 bits per heavy atom. The highest BCUT2D eigenvalue weighted by Gasteiger charge is 2.43. The van der Waals surface area contributed by atoms with Gasteiger partial charge in [-0.15, -0.1) is 0 Å². The molecule has 0 atom stereocenters. The van der Waals surface area contributed by atoms with Crippen molar-refractivity contribution >= 4 is 29.2 Å². The van der Waals surface area contributed by atoms with E-state index in [1.807, 2.05) is 0 Å². The Morgan fingerprint density at radius 1 is 1.19 bits per heavy atom. The van der Waals surface area contributed by atoms with Crippen LogP contribution in [0.25, 0.3) is 0 Å². The van der Waals surface area contributed by atoms with Gasteiger partial charge in [0.2, 0.25) is 5.91 Å². The summed E-state index contributed by atoms with van der Waals surface area (Å²) >= 11 is 0. The van der Waals surface area contributed by atoms with Crippen LogP contribution >= 0.6 is 0 Å². The molecule has 2 amide bonds. The lowest BCUT2D eigenvalue weighted by Gasteiger charge is -2.41. The van der Waals surface area contributed by atoms with E-state index in [-0.39, 0.29) is 11.6 Å². The fourth-order valence-electron chi connectivity index (χ4n) is 2.75. The van der Waals surface area contributed by atoms with Crippen molar-refractivity contribution in [1.29, 1.82) is 0 Å². The second-order valence-electron chi connectivity index (χ2n) is 6.25. The molecular formula is C18H17N3O5. The minimum absolute atomic E-state index is 0.226. The van der Waals surface area contributed by atoms with Crippen LogP contribution in [0.3, 0.4) is 0 Å². The van der Waals surface area contributed by atoms with Crippen molar-refractivity contribution in [3.63, 3.8) is 0 Å². The van der Waals surface area contributed by atoms with Crippen molar-refractivity contribution in [1.82, 2.24) is 0 Å². The molecule has 1 aliphatic heterocycles. The van der Waals surface area contributed by atoms with Gasteiger partial charge in [0.05, 0.1) is 11.4 Å². The smallest absolute Gasteiger partial charge is 0.405 e. The number of nitrogens with zero attached hydrogens (tertiary/aromatic N) is 2. The van der Waals surface area contributed by atoms with Crippen molar-refractivity contribution in [3.05, 3.63) is 59.6 Å². The zero-order valence-electron chi connectivity index (χ0n) is 14.3. The second kappa shape index (κ2) is 6.47. The van der Waals surface area contributed by atoms with Gasteiger partial charge in [0, 0.05) is 12.1 Å². The fourth-order valence-corrected chi connectivity index (χ4v) is 2.75. The van der Waals surface area contributed by atoms with Crippen LogP contribution in [0.15, 0.2) is 48.7 Å². The highest BCUT2D eigenvalue weighted by Crippen LogP contribution is 2.36. The maximum Gasteiger partial charge on any atom is 0.405 e. The molecule has 0 spiro atoms. The molecule has 134 valence electrons. The average molecular weight is 355 g/mol. The lowest BCUT2D eigenvalue weighted by Crippen LogP contribution is -2.59. The Kier molecular flexibility index (Phi) is 4.33. The van der Waals surface area contributed by atoms with E-state index < -0.39 is 24.0 Å². The van der Waals surface area contributed by atoms with Crippen molar-refractivity contribution in [2.45, 2.75) is 19.4 Å². The summed E-state index contributed by atoms with van der Waals surface area (Å²) in [7, 11) is 0. The van der Waals surface area contributed by atoms with Gasteiger partial charge in [-0.2, -0.15) is 4.73 Å². The topological polar surface area (TPSA) is 103 Å². The van der Waals surface area contributed by atoms with E-state index in [0.29, 0.717) is 16.1 Å². The standard InChI is InChI=1S/C18H17N3O5/c1-18(2)17(24)19-12-7-3-4-8-13(12)21(18)15(22)11-26-16(23)14-9-5-6-10-20(14)25/h3-10H,11H2,1-2H3,(H,19,24). The number of aromatic nitrogens is 1. The number of ether oxygens (including phenoxy) is 1. The normalized spacial score (nSPS) is 15.0. The molecule has 0 saturated carbocycles. The van der Waals surface area contributed by atoms with Crippen molar-refractivity contribution < 1.29 is 23.9 Å². The number of para-hydroxylation sites is 2. The van der Waals surface area contributed by atoms with Gasteiger partial charge in [-0.3, -0.25) is 14.5 Å². The van der Waals surface area contributed by atoms with Crippen LogP contribution in [0.5, 0.6) is 0 Å². The van der Waals surface area contributed by atoms with E-state index in [0.717, 1.165) is 6.20 Å². The number of carbonyl (C=O) groups is 3. The molecule has 8 heteroatoms. The largest absolute Gasteiger partial charge is 0.618 e. The number of nitrogens with one attached hydrogen (secondary N) is 1.